The normalized spacial score (nSPS) is 16.2. The topological polar surface area (TPSA) is 61.4 Å². The molecule has 1 aliphatic rings. The molecule has 1 heterocycles. The third-order valence-corrected chi connectivity index (χ3v) is 3.74. The molecule has 1 fully saturated rings. The predicted molar refractivity (Wildman–Crippen MR) is 80.4 cm³/mol. The molecule has 0 aliphatic carbocycles. The van der Waals surface area contributed by atoms with E-state index in [1.54, 1.807) is 4.90 Å². The summed E-state index contributed by atoms with van der Waals surface area (Å²) in [6.07, 6.45) is 3.83. The number of likely N-dealkylation sites (N-methyl/N-ethyl adjacent to an activating group) is 1. The number of amides is 2. The van der Waals surface area contributed by atoms with Crippen molar-refractivity contribution in [2.24, 2.45) is 5.92 Å². The third-order valence-electron chi connectivity index (χ3n) is 3.74. The van der Waals surface area contributed by atoms with Crippen molar-refractivity contribution in [1.29, 1.82) is 0 Å². The third kappa shape index (κ3) is 6.37. The Morgan fingerprint density at radius 2 is 1.95 bits per heavy atom. The molecule has 0 saturated carbocycles. The van der Waals surface area contributed by atoms with E-state index in [0.717, 1.165) is 32.4 Å². The van der Waals surface area contributed by atoms with Gasteiger partial charge in [0.15, 0.2) is 0 Å². The molecule has 0 spiro atoms. The zero-order valence-corrected chi connectivity index (χ0v) is 13.1. The highest BCUT2D eigenvalue weighted by Gasteiger charge is 2.19. The van der Waals surface area contributed by atoms with E-state index >= 15 is 0 Å². The number of carbonyl (C=O) groups excluding carboxylic acids is 2. The van der Waals surface area contributed by atoms with Crippen LogP contribution in [0.4, 0.5) is 0 Å². The Morgan fingerprint density at radius 1 is 1.30 bits per heavy atom. The van der Waals surface area contributed by atoms with Crippen molar-refractivity contribution < 1.29 is 9.59 Å². The van der Waals surface area contributed by atoms with E-state index < -0.39 is 0 Å². The van der Waals surface area contributed by atoms with Crippen molar-refractivity contribution in [1.82, 2.24) is 15.5 Å². The number of piperidine rings is 1. The number of hydrogen-bond acceptors (Lipinski definition) is 3. The summed E-state index contributed by atoms with van der Waals surface area (Å²) < 4.78 is 0. The van der Waals surface area contributed by atoms with E-state index in [1.807, 2.05) is 20.8 Å². The lowest BCUT2D eigenvalue weighted by Gasteiger charge is -2.25. The molecular weight excluding hydrogens is 254 g/mol. The maximum atomic E-state index is 12.2. The Morgan fingerprint density at radius 3 is 2.50 bits per heavy atom. The molecular formula is C15H29N3O2. The maximum Gasteiger partial charge on any atom is 0.239 e. The first-order valence-corrected chi connectivity index (χ1v) is 7.80. The van der Waals surface area contributed by atoms with Crippen molar-refractivity contribution in [2.45, 2.75) is 52.5 Å². The average molecular weight is 283 g/mol. The lowest BCUT2D eigenvalue weighted by molar-refractivity contribution is -0.136. The Balaban J connectivity index is 2.32. The summed E-state index contributed by atoms with van der Waals surface area (Å²) in [6.45, 7) is 8.67. The smallest absolute Gasteiger partial charge is 0.239 e. The maximum absolute atomic E-state index is 12.2. The van der Waals surface area contributed by atoms with E-state index in [0.29, 0.717) is 18.9 Å². The molecule has 5 heteroatoms. The molecule has 0 radical (unpaired) electrons. The molecule has 0 atom stereocenters. The second-order valence-corrected chi connectivity index (χ2v) is 5.86. The Kier molecular flexibility index (Phi) is 7.59. The molecule has 0 aromatic rings. The molecule has 20 heavy (non-hydrogen) atoms. The van der Waals surface area contributed by atoms with Gasteiger partial charge >= 0.3 is 0 Å². The highest BCUT2D eigenvalue weighted by Crippen LogP contribution is 2.18. The molecule has 2 amide bonds. The zero-order chi connectivity index (χ0) is 15.0. The molecule has 0 bridgehead atoms. The molecule has 5 nitrogen and oxygen atoms in total. The van der Waals surface area contributed by atoms with Crippen LogP contribution in [-0.2, 0) is 9.59 Å². The first-order chi connectivity index (χ1) is 9.52. The van der Waals surface area contributed by atoms with Crippen LogP contribution in [0.2, 0.25) is 0 Å². The molecule has 0 aromatic heterocycles. The van der Waals surface area contributed by atoms with Gasteiger partial charge in [-0.05, 0) is 59.0 Å². The van der Waals surface area contributed by atoms with E-state index in [4.69, 9.17) is 0 Å². The van der Waals surface area contributed by atoms with Gasteiger partial charge in [-0.25, -0.2) is 0 Å². The van der Waals surface area contributed by atoms with Crippen molar-refractivity contribution in [3.05, 3.63) is 0 Å². The highest BCUT2D eigenvalue weighted by atomic mass is 16.2. The van der Waals surface area contributed by atoms with Crippen LogP contribution in [0.15, 0.2) is 0 Å². The lowest BCUT2D eigenvalue weighted by Crippen LogP contribution is -2.42. The molecule has 1 rings (SSSR count). The van der Waals surface area contributed by atoms with Gasteiger partial charge in [0.2, 0.25) is 11.8 Å². The van der Waals surface area contributed by atoms with Gasteiger partial charge in [0, 0.05) is 19.0 Å². The molecule has 2 N–H and O–H groups in total. The quantitative estimate of drug-likeness (QED) is 0.736. The second kappa shape index (κ2) is 8.95. The van der Waals surface area contributed by atoms with Crippen LogP contribution in [-0.4, -0.2) is 48.9 Å². The summed E-state index contributed by atoms with van der Waals surface area (Å²) in [6, 6.07) is 0.117. The van der Waals surface area contributed by atoms with Gasteiger partial charge in [-0.2, -0.15) is 0 Å². The number of nitrogens with one attached hydrogen (secondary N) is 2. The van der Waals surface area contributed by atoms with Gasteiger partial charge in [-0.3, -0.25) is 9.59 Å². The van der Waals surface area contributed by atoms with Gasteiger partial charge < -0.3 is 15.5 Å². The fourth-order valence-electron chi connectivity index (χ4n) is 2.57. The standard InChI is InChI=1S/C15H29N3O2/c1-4-18(11-14(19)17-12(2)3)15(20)6-5-13-7-9-16-10-8-13/h12-13,16H,4-11H2,1-3H3,(H,17,19). The summed E-state index contributed by atoms with van der Waals surface area (Å²) in [7, 11) is 0. The fraction of sp³-hybridized carbons (Fsp3) is 0.867. The zero-order valence-electron chi connectivity index (χ0n) is 13.1. The van der Waals surface area contributed by atoms with Crippen LogP contribution in [0.3, 0.4) is 0 Å². The molecule has 1 aliphatic heterocycles. The number of rotatable bonds is 7. The van der Waals surface area contributed by atoms with Crippen LogP contribution < -0.4 is 10.6 Å². The minimum absolute atomic E-state index is 0.0722. The molecule has 0 unspecified atom stereocenters. The summed E-state index contributed by atoms with van der Waals surface area (Å²) in [4.78, 5) is 25.5. The van der Waals surface area contributed by atoms with Crippen molar-refractivity contribution in [3.8, 4) is 0 Å². The van der Waals surface area contributed by atoms with Crippen molar-refractivity contribution in [3.63, 3.8) is 0 Å². The molecule has 0 aromatic carbocycles. The predicted octanol–water partition coefficient (Wildman–Crippen LogP) is 1.14. The van der Waals surface area contributed by atoms with Gasteiger partial charge in [-0.15, -0.1) is 0 Å². The van der Waals surface area contributed by atoms with E-state index in [2.05, 4.69) is 10.6 Å². The Labute approximate surface area is 122 Å². The van der Waals surface area contributed by atoms with Crippen LogP contribution in [0.1, 0.15) is 46.5 Å². The minimum atomic E-state index is -0.0722. The monoisotopic (exact) mass is 283 g/mol. The van der Waals surface area contributed by atoms with Gasteiger partial charge in [0.05, 0.1) is 6.54 Å². The Bertz CT molecular complexity index is 312. The van der Waals surface area contributed by atoms with Crippen molar-refractivity contribution >= 4 is 11.8 Å². The summed E-state index contributed by atoms with van der Waals surface area (Å²) in [5.41, 5.74) is 0. The summed E-state index contributed by atoms with van der Waals surface area (Å²) >= 11 is 0. The van der Waals surface area contributed by atoms with Crippen molar-refractivity contribution in [2.75, 3.05) is 26.2 Å². The first kappa shape index (κ1) is 17.0. The SMILES string of the molecule is CCN(CC(=O)NC(C)C)C(=O)CCC1CCNCC1. The van der Waals surface area contributed by atoms with Gasteiger partial charge in [0.25, 0.3) is 0 Å². The minimum Gasteiger partial charge on any atom is -0.352 e. The largest absolute Gasteiger partial charge is 0.352 e. The van der Waals surface area contributed by atoms with Crippen LogP contribution in [0.25, 0.3) is 0 Å². The summed E-state index contributed by atoms with van der Waals surface area (Å²) in [5.74, 6) is 0.686. The first-order valence-electron chi connectivity index (χ1n) is 7.80. The average Bonchev–Trinajstić information content (AvgIpc) is 2.42. The lowest BCUT2D eigenvalue weighted by atomic mass is 9.93. The Hall–Kier alpha value is -1.10. The highest BCUT2D eigenvalue weighted by molar-refractivity contribution is 5.84. The van der Waals surface area contributed by atoms with Gasteiger partial charge in [0.1, 0.15) is 0 Å². The van der Waals surface area contributed by atoms with Crippen LogP contribution in [0.5, 0.6) is 0 Å². The van der Waals surface area contributed by atoms with Crippen LogP contribution in [0, 0.1) is 5.92 Å². The fourth-order valence-corrected chi connectivity index (χ4v) is 2.57. The molecule has 1 saturated heterocycles. The van der Waals surface area contributed by atoms with E-state index in [9.17, 15) is 9.59 Å². The number of carbonyl (C=O) groups is 2. The second-order valence-electron chi connectivity index (χ2n) is 5.86. The van der Waals surface area contributed by atoms with Crippen LogP contribution >= 0.6 is 0 Å². The molecule has 116 valence electrons. The number of hydrogen-bond donors (Lipinski definition) is 2. The van der Waals surface area contributed by atoms with E-state index in [-0.39, 0.29) is 24.4 Å². The van der Waals surface area contributed by atoms with Gasteiger partial charge in [-0.1, -0.05) is 0 Å². The number of nitrogens with zero attached hydrogens (tertiary/aromatic N) is 1. The van der Waals surface area contributed by atoms with E-state index in [1.165, 1.54) is 0 Å². The summed E-state index contributed by atoms with van der Waals surface area (Å²) in [5, 5.41) is 6.16.